The van der Waals surface area contributed by atoms with Crippen LogP contribution in [0.15, 0.2) is 65.1 Å². The van der Waals surface area contributed by atoms with Crippen LogP contribution in [0.25, 0.3) is 0 Å². The summed E-state index contributed by atoms with van der Waals surface area (Å²) in [5.74, 6) is -0.736. The lowest BCUT2D eigenvalue weighted by Gasteiger charge is -2.43. The first-order valence-corrected chi connectivity index (χ1v) is 11.1. The van der Waals surface area contributed by atoms with Crippen LogP contribution in [0.5, 0.6) is 0 Å². The molecule has 8 heteroatoms. The van der Waals surface area contributed by atoms with E-state index in [1.807, 2.05) is 24.3 Å². The van der Waals surface area contributed by atoms with Gasteiger partial charge in [0.05, 0.1) is 22.9 Å². The fraction of sp³-hybridized carbons (Fsp3) is 0.167. The molecule has 0 aromatic heterocycles. The molecule has 1 heterocycles. The van der Waals surface area contributed by atoms with Crippen LogP contribution in [-0.2, 0) is 0 Å². The molecule has 0 aliphatic carbocycles. The fourth-order valence-electron chi connectivity index (χ4n) is 3.97. The van der Waals surface area contributed by atoms with Gasteiger partial charge in [-0.05, 0) is 54.1 Å². The third-order valence-corrected chi connectivity index (χ3v) is 6.30. The second-order valence-corrected chi connectivity index (χ2v) is 8.87. The molecule has 2 N–H and O–H groups in total. The van der Waals surface area contributed by atoms with Gasteiger partial charge >= 0.3 is 0 Å². The predicted octanol–water partition coefficient (Wildman–Crippen LogP) is 5.40. The number of halogens is 3. The Hall–Kier alpha value is -3.08. The highest BCUT2D eigenvalue weighted by Gasteiger charge is 2.33. The second-order valence-electron chi connectivity index (χ2n) is 7.52. The third kappa shape index (κ3) is 4.43. The van der Waals surface area contributed by atoms with E-state index in [0.717, 1.165) is 21.8 Å². The molecule has 0 saturated carbocycles. The highest BCUT2D eigenvalue weighted by molar-refractivity contribution is 9.10. The lowest BCUT2D eigenvalue weighted by Crippen LogP contribution is -2.51. The summed E-state index contributed by atoms with van der Waals surface area (Å²) in [4.78, 5) is 17.0. The maximum absolute atomic E-state index is 13.5. The lowest BCUT2D eigenvalue weighted by atomic mass is 9.99. The zero-order chi connectivity index (χ0) is 22.8. The van der Waals surface area contributed by atoms with Crippen molar-refractivity contribution >= 4 is 44.8 Å². The van der Waals surface area contributed by atoms with Crippen molar-refractivity contribution in [1.29, 1.82) is 5.26 Å². The van der Waals surface area contributed by atoms with E-state index in [0.29, 0.717) is 30.2 Å². The number of anilines is 2. The monoisotopic (exact) mass is 512 g/mol. The van der Waals surface area contributed by atoms with Gasteiger partial charge in [-0.15, -0.1) is 0 Å². The summed E-state index contributed by atoms with van der Waals surface area (Å²) in [6.07, 6.45) is 0. The standard InChI is InChI=1S/C24H19BrClFN4O/c25-17-3-8-22(16(11-17)13-28)31-10-9-30(14-23(31)15-1-4-18(26)5-2-15)24(32)20-7-6-19(27)12-21(20)29/h1-8,11-12,23H,9-10,14,29H2/t23-/m0/s1. The number of nitrogen functional groups attached to an aromatic ring is 1. The molecule has 4 rings (SSSR count). The van der Waals surface area contributed by atoms with Crippen LogP contribution in [0.1, 0.15) is 27.5 Å². The highest BCUT2D eigenvalue weighted by Crippen LogP contribution is 2.35. The predicted molar refractivity (Wildman–Crippen MR) is 127 cm³/mol. The summed E-state index contributed by atoms with van der Waals surface area (Å²) < 4.78 is 14.3. The van der Waals surface area contributed by atoms with Crippen molar-refractivity contribution < 1.29 is 9.18 Å². The average Bonchev–Trinajstić information content (AvgIpc) is 2.79. The largest absolute Gasteiger partial charge is 0.398 e. The number of carbonyl (C=O) groups is 1. The minimum absolute atomic E-state index is 0.111. The van der Waals surface area contributed by atoms with Gasteiger partial charge in [0.15, 0.2) is 0 Å². The Bertz CT molecular complexity index is 1210. The van der Waals surface area contributed by atoms with Gasteiger partial charge in [0, 0.05) is 34.8 Å². The third-order valence-electron chi connectivity index (χ3n) is 5.55. The Morgan fingerprint density at radius 1 is 1.12 bits per heavy atom. The molecule has 0 spiro atoms. The summed E-state index contributed by atoms with van der Waals surface area (Å²) in [7, 11) is 0. The Labute approximate surface area is 198 Å². The van der Waals surface area contributed by atoms with Gasteiger partial charge in [-0.25, -0.2) is 4.39 Å². The molecular weight excluding hydrogens is 495 g/mol. The van der Waals surface area contributed by atoms with Crippen LogP contribution in [0.2, 0.25) is 5.02 Å². The molecule has 1 atom stereocenters. The normalized spacial score (nSPS) is 16.0. The number of amides is 1. The quantitative estimate of drug-likeness (QED) is 0.476. The van der Waals surface area contributed by atoms with E-state index in [4.69, 9.17) is 17.3 Å². The zero-order valence-corrected chi connectivity index (χ0v) is 19.3. The Kier molecular flexibility index (Phi) is 6.35. The fourth-order valence-corrected chi connectivity index (χ4v) is 4.46. The van der Waals surface area contributed by atoms with Crippen LogP contribution in [-0.4, -0.2) is 30.4 Å². The van der Waals surface area contributed by atoms with Crippen molar-refractivity contribution in [3.8, 4) is 6.07 Å². The van der Waals surface area contributed by atoms with E-state index in [9.17, 15) is 14.4 Å². The van der Waals surface area contributed by atoms with E-state index in [2.05, 4.69) is 26.9 Å². The number of nitrogens with zero attached hydrogens (tertiary/aromatic N) is 3. The van der Waals surface area contributed by atoms with Gasteiger partial charge in [0.2, 0.25) is 0 Å². The van der Waals surface area contributed by atoms with E-state index in [1.54, 1.807) is 23.1 Å². The Morgan fingerprint density at radius 2 is 1.88 bits per heavy atom. The number of hydrogen-bond donors (Lipinski definition) is 1. The maximum Gasteiger partial charge on any atom is 0.256 e. The SMILES string of the molecule is N#Cc1cc(Br)ccc1N1CCN(C(=O)c2ccc(F)cc2N)C[C@H]1c1ccc(Cl)cc1. The minimum atomic E-state index is -0.484. The number of carbonyl (C=O) groups excluding carboxylic acids is 1. The van der Waals surface area contributed by atoms with E-state index < -0.39 is 5.82 Å². The van der Waals surface area contributed by atoms with Gasteiger partial charge in [-0.1, -0.05) is 39.7 Å². The molecule has 1 saturated heterocycles. The number of rotatable bonds is 3. The summed E-state index contributed by atoms with van der Waals surface area (Å²) in [5, 5.41) is 10.3. The lowest BCUT2D eigenvalue weighted by molar-refractivity contribution is 0.0723. The summed E-state index contributed by atoms with van der Waals surface area (Å²) in [6, 6.07) is 18.9. The molecule has 3 aromatic carbocycles. The minimum Gasteiger partial charge on any atom is -0.398 e. The molecule has 5 nitrogen and oxygen atoms in total. The smallest absolute Gasteiger partial charge is 0.256 e. The molecule has 3 aromatic rings. The Morgan fingerprint density at radius 3 is 2.56 bits per heavy atom. The first-order chi connectivity index (χ1) is 15.4. The van der Waals surface area contributed by atoms with Gasteiger partial charge in [-0.2, -0.15) is 5.26 Å². The van der Waals surface area contributed by atoms with Crippen LogP contribution < -0.4 is 10.6 Å². The average molecular weight is 514 g/mol. The van der Waals surface area contributed by atoms with Gasteiger partial charge in [-0.3, -0.25) is 4.79 Å². The van der Waals surface area contributed by atoms with Crippen molar-refractivity contribution in [2.75, 3.05) is 30.3 Å². The number of nitriles is 1. The molecule has 1 aliphatic heterocycles. The molecule has 32 heavy (non-hydrogen) atoms. The molecule has 1 amide bonds. The molecule has 0 radical (unpaired) electrons. The van der Waals surface area contributed by atoms with Gasteiger partial charge < -0.3 is 15.5 Å². The molecule has 1 fully saturated rings. The molecule has 162 valence electrons. The second kappa shape index (κ2) is 9.19. The van der Waals surface area contributed by atoms with Crippen molar-refractivity contribution in [3.63, 3.8) is 0 Å². The molecular formula is C24H19BrClFN4O. The maximum atomic E-state index is 13.5. The summed E-state index contributed by atoms with van der Waals surface area (Å²) in [6.45, 7) is 1.31. The summed E-state index contributed by atoms with van der Waals surface area (Å²) in [5.41, 5.74) is 8.60. The van der Waals surface area contributed by atoms with Crippen LogP contribution >= 0.6 is 27.5 Å². The van der Waals surface area contributed by atoms with E-state index in [-0.39, 0.29) is 23.2 Å². The number of benzene rings is 3. The van der Waals surface area contributed by atoms with Crippen LogP contribution in [0.3, 0.4) is 0 Å². The Balaban J connectivity index is 1.71. The topological polar surface area (TPSA) is 73.4 Å². The van der Waals surface area contributed by atoms with Crippen molar-refractivity contribution in [3.05, 3.63) is 92.7 Å². The molecule has 1 aliphatic rings. The molecule has 0 bridgehead atoms. The first-order valence-electron chi connectivity index (χ1n) is 9.93. The highest BCUT2D eigenvalue weighted by atomic mass is 79.9. The van der Waals surface area contributed by atoms with Crippen LogP contribution in [0.4, 0.5) is 15.8 Å². The van der Waals surface area contributed by atoms with Crippen LogP contribution in [0, 0.1) is 17.1 Å². The number of hydrogen-bond acceptors (Lipinski definition) is 4. The van der Waals surface area contributed by atoms with Gasteiger partial charge in [0.25, 0.3) is 5.91 Å². The first kappa shape index (κ1) is 22.1. The summed E-state index contributed by atoms with van der Waals surface area (Å²) >= 11 is 9.51. The molecule has 0 unspecified atom stereocenters. The van der Waals surface area contributed by atoms with Crippen molar-refractivity contribution in [1.82, 2.24) is 4.90 Å². The van der Waals surface area contributed by atoms with Crippen molar-refractivity contribution in [2.45, 2.75) is 6.04 Å². The number of nitrogens with two attached hydrogens (primary N) is 1. The van der Waals surface area contributed by atoms with Crippen molar-refractivity contribution in [2.24, 2.45) is 0 Å². The zero-order valence-electron chi connectivity index (χ0n) is 16.9. The number of piperazine rings is 1. The van der Waals surface area contributed by atoms with E-state index in [1.165, 1.54) is 12.1 Å². The van der Waals surface area contributed by atoms with Gasteiger partial charge in [0.1, 0.15) is 11.9 Å². The van der Waals surface area contributed by atoms with E-state index >= 15 is 0 Å².